The normalized spacial score (nSPS) is 10.2. The maximum atomic E-state index is 12.2. The van der Waals surface area contributed by atoms with Crippen molar-refractivity contribution < 1.29 is 14.3 Å². The van der Waals surface area contributed by atoms with Gasteiger partial charge in [-0.1, -0.05) is 36.1 Å². The molecule has 0 aliphatic carbocycles. The van der Waals surface area contributed by atoms with E-state index in [9.17, 15) is 9.59 Å². The number of pyridine rings is 1. The van der Waals surface area contributed by atoms with E-state index in [1.54, 1.807) is 24.5 Å². The van der Waals surface area contributed by atoms with Crippen molar-refractivity contribution in [2.45, 2.75) is 13.0 Å². The van der Waals surface area contributed by atoms with Gasteiger partial charge in [0.1, 0.15) is 6.61 Å². The monoisotopic (exact) mass is 427 g/mol. The molecule has 3 rings (SSSR count). The van der Waals surface area contributed by atoms with Gasteiger partial charge in [-0.2, -0.15) is 0 Å². The number of fused-ring (bicyclic) bond motifs is 1. The van der Waals surface area contributed by atoms with Crippen molar-refractivity contribution >= 4 is 56.0 Å². The summed E-state index contributed by atoms with van der Waals surface area (Å²) < 4.78 is 6.02. The fourth-order valence-electron chi connectivity index (χ4n) is 2.28. The number of alkyl carbamates (subject to hydrolysis) is 1. The highest BCUT2D eigenvalue weighted by Gasteiger charge is 2.11. The molecule has 3 N–H and O–H groups in total. The van der Waals surface area contributed by atoms with Crippen molar-refractivity contribution in [2.24, 2.45) is 0 Å². The first-order valence-electron chi connectivity index (χ1n) is 8.46. The highest BCUT2D eigenvalue weighted by atomic mass is 32.1. The number of rotatable bonds is 6. The average Bonchev–Trinajstić information content (AvgIpc) is 3.08. The molecule has 0 aliphatic heterocycles. The fraction of sp³-hybridized carbons (Fsp3) is 0.105. The summed E-state index contributed by atoms with van der Waals surface area (Å²) in [6.45, 7) is 3.81. The lowest BCUT2D eigenvalue weighted by molar-refractivity contribution is -0.115. The lowest BCUT2D eigenvalue weighted by Crippen LogP contribution is -2.39. The zero-order chi connectivity index (χ0) is 20.6. The summed E-state index contributed by atoms with van der Waals surface area (Å²) in [7, 11) is 0. The third-order valence-electron chi connectivity index (χ3n) is 3.51. The van der Waals surface area contributed by atoms with Crippen molar-refractivity contribution in [2.75, 3.05) is 5.32 Å². The zero-order valence-corrected chi connectivity index (χ0v) is 16.8. The molecule has 1 aromatic carbocycles. The van der Waals surface area contributed by atoms with Crippen LogP contribution in [0.25, 0.3) is 10.2 Å². The first-order chi connectivity index (χ1) is 14.0. The molecule has 2 heterocycles. The molecule has 0 radical (unpaired) electrons. The van der Waals surface area contributed by atoms with Crippen molar-refractivity contribution in [3.8, 4) is 0 Å². The minimum atomic E-state index is -0.724. The third-order valence-corrected chi connectivity index (χ3v) is 4.67. The van der Waals surface area contributed by atoms with Crippen LogP contribution in [0.5, 0.6) is 0 Å². The Bertz CT molecular complexity index is 1020. The number of benzene rings is 1. The first-order valence-corrected chi connectivity index (χ1v) is 9.69. The summed E-state index contributed by atoms with van der Waals surface area (Å²) in [5.74, 6) is -0.302. The zero-order valence-electron chi connectivity index (χ0n) is 15.2. The number of nitrogens with one attached hydrogen (secondary N) is 3. The molecular formula is C19H17N5O3S2. The number of carbonyl (C=O) groups is 2. The number of hydrogen-bond donors (Lipinski definition) is 3. The molecule has 10 heteroatoms. The summed E-state index contributed by atoms with van der Waals surface area (Å²) >= 11 is 6.41. The largest absolute Gasteiger partial charge is 0.444 e. The van der Waals surface area contributed by atoms with E-state index in [2.05, 4.69) is 32.5 Å². The number of amides is 2. The summed E-state index contributed by atoms with van der Waals surface area (Å²) in [6.07, 6.45) is 2.46. The van der Waals surface area contributed by atoms with Gasteiger partial charge in [0.05, 0.1) is 16.6 Å². The maximum absolute atomic E-state index is 12.2. The minimum absolute atomic E-state index is 0.0148. The molecule has 0 bridgehead atoms. The Morgan fingerprint density at radius 3 is 2.76 bits per heavy atom. The van der Waals surface area contributed by atoms with Crippen LogP contribution in [-0.4, -0.2) is 27.1 Å². The van der Waals surface area contributed by atoms with E-state index in [4.69, 9.17) is 17.0 Å². The van der Waals surface area contributed by atoms with Crippen LogP contribution >= 0.6 is 23.6 Å². The topological polar surface area (TPSA) is 105 Å². The molecule has 0 saturated heterocycles. The molecule has 0 aliphatic rings. The quantitative estimate of drug-likeness (QED) is 0.518. The first kappa shape index (κ1) is 20.4. The molecule has 0 unspecified atom stereocenters. The molecule has 3 aromatic rings. The molecule has 0 saturated carbocycles. The third kappa shape index (κ3) is 6.33. The van der Waals surface area contributed by atoms with E-state index in [0.29, 0.717) is 10.8 Å². The van der Waals surface area contributed by atoms with Crippen molar-refractivity contribution in [3.05, 3.63) is 66.6 Å². The summed E-state index contributed by atoms with van der Waals surface area (Å²) in [5.41, 5.74) is 1.89. The van der Waals surface area contributed by atoms with Crippen molar-refractivity contribution in [1.82, 2.24) is 20.6 Å². The second-order valence-corrected chi connectivity index (χ2v) is 7.27. The lowest BCUT2D eigenvalue weighted by atomic mass is 10.3. The van der Waals surface area contributed by atoms with E-state index in [1.165, 1.54) is 11.3 Å². The molecule has 0 atom stereocenters. The maximum Gasteiger partial charge on any atom is 0.413 e. The number of ether oxygens (including phenoxy) is 1. The van der Waals surface area contributed by atoms with Gasteiger partial charge in [-0.25, -0.2) is 9.78 Å². The van der Waals surface area contributed by atoms with Gasteiger partial charge in [0.25, 0.3) is 0 Å². The molecule has 0 fully saturated rings. The molecular weight excluding hydrogens is 410 g/mol. The Morgan fingerprint density at radius 1 is 1.17 bits per heavy atom. The number of hydrogen-bond acceptors (Lipinski definition) is 7. The van der Waals surface area contributed by atoms with Crippen LogP contribution in [0.1, 0.15) is 12.0 Å². The SMILES string of the molecule is C=C(CC(=O)Nc1nc2ccccc2s1)NC(=S)NC(=O)OCc1cccnc1. The van der Waals surface area contributed by atoms with E-state index >= 15 is 0 Å². The van der Waals surface area contributed by atoms with Gasteiger partial charge >= 0.3 is 6.09 Å². The second-order valence-electron chi connectivity index (χ2n) is 5.83. The standard InChI is InChI=1S/C19H17N5O3S2/c1-12(9-16(25)23-18-22-14-6-2-3-7-15(14)29-18)21-17(28)24-19(26)27-11-13-5-4-8-20-10-13/h2-8,10H,1,9,11H2,(H,22,23,25)(H2,21,24,26,28). The van der Waals surface area contributed by atoms with Crippen molar-refractivity contribution in [3.63, 3.8) is 0 Å². The Hall–Kier alpha value is -3.37. The van der Waals surface area contributed by atoms with Crippen LogP contribution < -0.4 is 16.0 Å². The van der Waals surface area contributed by atoms with Gasteiger partial charge in [0, 0.05) is 23.7 Å². The highest BCUT2D eigenvalue weighted by Crippen LogP contribution is 2.25. The predicted octanol–water partition coefficient (Wildman–Crippen LogP) is 3.33. The average molecular weight is 428 g/mol. The lowest BCUT2D eigenvalue weighted by Gasteiger charge is -2.11. The van der Waals surface area contributed by atoms with Gasteiger partial charge in [0.15, 0.2) is 10.2 Å². The summed E-state index contributed by atoms with van der Waals surface area (Å²) in [4.78, 5) is 32.2. The van der Waals surface area contributed by atoms with Gasteiger partial charge in [-0.05, 0) is 30.4 Å². The molecule has 2 aromatic heterocycles. The van der Waals surface area contributed by atoms with E-state index in [-0.39, 0.29) is 24.0 Å². The number of nitrogens with zero attached hydrogens (tertiary/aromatic N) is 2. The van der Waals surface area contributed by atoms with Crippen LogP contribution in [0.4, 0.5) is 9.93 Å². The Balaban J connectivity index is 1.40. The van der Waals surface area contributed by atoms with E-state index in [0.717, 1.165) is 15.8 Å². The Labute approximate surface area is 176 Å². The number of para-hydroxylation sites is 1. The number of thiazole rings is 1. The summed E-state index contributed by atoms with van der Waals surface area (Å²) in [5, 5.41) is 8.25. The van der Waals surface area contributed by atoms with Crippen LogP contribution in [0.2, 0.25) is 0 Å². The molecule has 29 heavy (non-hydrogen) atoms. The van der Waals surface area contributed by atoms with Gasteiger partial charge in [0.2, 0.25) is 5.91 Å². The predicted molar refractivity (Wildman–Crippen MR) is 115 cm³/mol. The smallest absolute Gasteiger partial charge is 0.413 e. The Kier molecular flexibility index (Phi) is 6.82. The minimum Gasteiger partial charge on any atom is -0.444 e. The van der Waals surface area contributed by atoms with Gasteiger partial charge < -0.3 is 15.4 Å². The fourth-order valence-corrected chi connectivity index (χ4v) is 3.39. The second kappa shape index (κ2) is 9.71. The molecule has 148 valence electrons. The van der Waals surface area contributed by atoms with E-state index in [1.807, 2.05) is 24.3 Å². The molecule has 8 nitrogen and oxygen atoms in total. The van der Waals surface area contributed by atoms with Crippen LogP contribution in [0.3, 0.4) is 0 Å². The van der Waals surface area contributed by atoms with E-state index < -0.39 is 6.09 Å². The number of anilines is 1. The summed E-state index contributed by atoms with van der Waals surface area (Å²) in [6, 6.07) is 11.1. The number of carbonyl (C=O) groups excluding carboxylic acids is 2. The molecule has 2 amide bonds. The van der Waals surface area contributed by atoms with Crippen LogP contribution in [0.15, 0.2) is 61.1 Å². The number of aromatic nitrogens is 2. The number of thiocarbonyl (C=S) groups is 1. The van der Waals surface area contributed by atoms with Crippen LogP contribution in [0, 0.1) is 0 Å². The Morgan fingerprint density at radius 2 is 2.00 bits per heavy atom. The van der Waals surface area contributed by atoms with Gasteiger partial charge in [-0.3, -0.25) is 15.1 Å². The highest BCUT2D eigenvalue weighted by molar-refractivity contribution is 7.80. The van der Waals surface area contributed by atoms with Crippen LogP contribution in [-0.2, 0) is 16.1 Å². The molecule has 0 spiro atoms. The van der Waals surface area contributed by atoms with Gasteiger partial charge in [-0.15, -0.1) is 0 Å². The van der Waals surface area contributed by atoms with Crippen molar-refractivity contribution in [1.29, 1.82) is 0 Å².